The molecule has 1 rings (SSSR count). The maximum Gasteiger partial charge on any atom is 0.223 e. The van der Waals surface area contributed by atoms with Crippen LogP contribution in [0.1, 0.15) is 20.3 Å². The fourth-order valence-electron chi connectivity index (χ4n) is 1.96. The third kappa shape index (κ3) is 8.64. The highest BCUT2D eigenvalue weighted by Gasteiger charge is 2.02. The third-order valence-corrected chi connectivity index (χ3v) is 3.36. The average Bonchev–Trinajstić information content (AvgIpc) is 2.55. The molecule has 1 aromatic carbocycles. The Morgan fingerprint density at radius 3 is 2.50 bits per heavy atom. The van der Waals surface area contributed by atoms with Crippen LogP contribution < -0.4 is 10.1 Å². The third-order valence-electron chi connectivity index (χ3n) is 3.36. The number of para-hydroxylation sites is 1. The SMILES string of the molecule is CCN(CC)CCOCCNC(=O)CCOc1ccccc1. The molecule has 1 aromatic rings. The first kappa shape index (κ1) is 18.5. The largest absolute Gasteiger partial charge is 0.493 e. The number of hydrogen-bond donors (Lipinski definition) is 1. The molecule has 0 saturated carbocycles. The van der Waals surface area contributed by atoms with Crippen LogP contribution in [0, 0.1) is 0 Å². The van der Waals surface area contributed by atoms with E-state index in [1.807, 2.05) is 30.3 Å². The zero-order valence-electron chi connectivity index (χ0n) is 13.7. The molecular weight excluding hydrogens is 280 g/mol. The van der Waals surface area contributed by atoms with Gasteiger partial charge in [0.1, 0.15) is 5.75 Å². The summed E-state index contributed by atoms with van der Waals surface area (Å²) in [5.41, 5.74) is 0. The van der Waals surface area contributed by atoms with Gasteiger partial charge in [-0.05, 0) is 25.2 Å². The lowest BCUT2D eigenvalue weighted by atomic mass is 10.3. The predicted molar refractivity (Wildman–Crippen MR) is 88.2 cm³/mol. The van der Waals surface area contributed by atoms with E-state index in [1.54, 1.807) is 0 Å². The summed E-state index contributed by atoms with van der Waals surface area (Å²) >= 11 is 0. The summed E-state index contributed by atoms with van der Waals surface area (Å²) in [6.07, 6.45) is 0.355. The van der Waals surface area contributed by atoms with Crippen LogP contribution in [0.3, 0.4) is 0 Å². The van der Waals surface area contributed by atoms with Crippen LogP contribution in [0.4, 0.5) is 0 Å². The molecule has 1 N–H and O–H groups in total. The molecule has 0 atom stereocenters. The predicted octanol–water partition coefficient (Wildman–Crippen LogP) is 1.93. The number of nitrogens with one attached hydrogen (secondary N) is 1. The van der Waals surface area contributed by atoms with Gasteiger partial charge < -0.3 is 19.7 Å². The van der Waals surface area contributed by atoms with Gasteiger partial charge in [0.15, 0.2) is 0 Å². The lowest BCUT2D eigenvalue weighted by molar-refractivity contribution is -0.121. The Morgan fingerprint density at radius 2 is 1.82 bits per heavy atom. The highest BCUT2D eigenvalue weighted by molar-refractivity contribution is 5.75. The Morgan fingerprint density at radius 1 is 1.09 bits per heavy atom. The minimum Gasteiger partial charge on any atom is -0.493 e. The molecule has 5 nitrogen and oxygen atoms in total. The number of nitrogens with zero attached hydrogens (tertiary/aromatic N) is 1. The molecule has 0 heterocycles. The average molecular weight is 308 g/mol. The van der Waals surface area contributed by atoms with Crippen LogP contribution in [0.5, 0.6) is 5.75 Å². The van der Waals surface area contributed by atoms with Gasteiger partial charge in [-0.2, -0.15) is 0 Å². The Labute approximate surface area is 133 Å². The molecule has 0 radical (unpaired) electrons. The van der Waals surface area contributed by atoms with E-state index < -0.39 is 0 Å². The molecular formula is C17H28N2O3. The second-order valence-corrected chi connectivity index (χ2v) is 4.90. The molecule has 0 aliphatic carbocycles. The molecule has 0 spiro atoms. The molecule has 0 saturated heterocycles. The summed E-state index contributed by atoms with van der Waals surface area (Å²) in [6, 6.07) is 9.50. The number of carbonyl (C=O) groups excluding carboxylic acids is 1. The van der Waals surface area contributed by atoms with Crippen molar-refractivity contribution in [3.05, 3.63) is 30.3 Å². The van der Waals surface area contributed by atoms with Crippen molar-refractivity contribution < 1.29 is 14.3 Å². The summed E-state index contributed by atoms with van der Waals surface area (Å²) in [6.45, 7) is 9.48. The molecule has 0 fully saturated rings. The second kappa shape index (κ2) is 12.0. The van der Waals surface area contributed by atoms with Gasteiger partial charge in [-0.15, -0.1) is 0 Å². The lowest BCUT2D eigenvalue weighted by Gasteiger charge is -2.17. The first-order chi connectivity index (χ1) is 10.8. The monoisotopic (exact) mass is 308 g/mol. The molecule has 1 amide bonds. The first-order valence-electron chi connectivity index (χ1n) is 8.00. The maximum atomic E-state index is 11.6. The Balaban J connectivity index is 1.95. The number of carbonyl (C=O) groups is 1. The zero-order valence-corrected chi connectivity index (χ0v) is 13.7. The summed E-state index contributed by atoms with van der Waals surface area (Å²) in [4.78, 5) is 13.9. The second-order valence-electron chi connectivity index (χ2n) is 4.90. The molecule has 0 bridgehead atoms. The minimum absolute atomic E-state index is 0.0109. The van der Waals surface area contributed by atoms with Crippen molar-refractivity contribution in [1.29, 1.82) is 0 Å². The number of rotatable bonds is 12. The van der Waals surface area contributed by atoms with Crippen molar-refractivity contribution in [3.8, 4) is 5.75 Å². The topological polar surface area (TPSA) is 50.8 Å². The van der Waals surface area contributed by atoms with Gasteiger partial charge in [0.2, 0.25) is 5.91 Å². The Hall–Kier alpha value is -1.59. The van der Waals surface area contributed by atoms with Crippen molar-refractivity contribution in [2.24, 2.45) is 0 Å². The van der Waals surface area contributed by atoms with Crippen LogP contribution in [0.15, 0.2) is 30.3 Å². The van der Waals surface area contributed by atoms with Crippen LogP contribution in [-0.2, 0) is 9.53 Å². The van der Waals surface area contributed by atoms with Gasteiger partial charge in [0.05, 0.1) is 26.2 Å². The minimum atomic E-state index is -0.0109. The molecule has 5 heteroatoms. The molecule has 0 unspecified atom stereocenters. The number of ether oxygens (including phenoxy) is 2. The number of hydrogen-bond acceptors (Lipinski definition) is 4. The zero-order chi connectivity index (χ0) is 16.0. The van der Waals surface area contributed by atoms with E-state index in [4.69, 9.17) is 9.47 Å². The van der Waals surface area contributed by atoms with E-state index in [-0.39, 0.29) is 5.91 Å². The van der Waals surface area contributed by atoms with Crippen molar-refractivity contribution in [1.82, 2.24) is 10.2 Å². The Bertz CT molecular complexity index is 394. The van der Waals surface area contributed by atoms with Gasteiger partial charge in [-0.25, -0.2) is 0 Å². The van der Waals surface area contributed by atoms with Crippen molar-refractivity contribution in [2.75, 3.05) is 46.0 Å². The molecule has 124 valence electrons. The smallest absolute Gasteiger partial charge is 0.223 e. The van der Waals surface area contributed by atoms with Crippen LogP contribution in [0.2, 0.25) is 0 Å². The quantitative estimate of drug-likeness (QED) is 0.600. The van der Waals surface area contributed by atoms with Gasteiger partial charge in [-0.3, -0.25) is 4.79 Å². The van der Waals surface area contributed by atoms with Crippen molar-refractivity contribution in [2.45, 2.75) is 20.3 Å². The lowest BCUT2D eigenvalue weighted by Crippen LogP contribution is -2.30. The van der Waals surface area contributed by atoms with E-state index >= 15 is 0 Å². The van der Waals surface area contributed by atoms with Crippen molar-refractivity contribution in [3.63, 3.8) is 0 Å². The fourth-order valence-corrected chi connectivity index (χ4v) is 1.96. The Kier molecular flexibility index (Phi) is 10.1. The van der Waals surface area contributed by atoms with E-state index in [2.05, 4.69) is 24.1 Å². The van der Waals surface area contributed by atoms with E-state index in [1.165, 1.54) is 0 Å². The van der Waals surface area contributed by atoms with Gasteiger partial charge >= 0.3 is 0 Å². The number of benzene rings is 1. The maximum absolute atomic E-state index is 11.6. The van der Waals surface area contributed by atoms with Crippen LogP contribution in [-0.4, -0.2) is 56.8 Å². The normalized spacial score (nSPS) is 10.7. The van der Waals surface area contributed by atoms with E-state index in [0.29, 0.717) is 32.8 Å². The summed E-state index contributed by atoms with van der Waals surface area (Å²) in [7, 11) is 0. The molecule has 0 aromatic heterocycles. The summed E-state index contributed by atoms with van der Waals surface area (Å²) in [5, 5.41) is 2.83. The number of likely N-dealkylation sites (N-methyl/N-ethyl adjacent to an activating group) is 1. The number of amides is 1. The van der Waals surface area contributed by atoms with Gasteiger partial charge in [0.25, 0.3) is 0 Å². The highest BCUT2D eigenvalue weighted by Crippen LogP contribution is 2.08. The fraction of sp³-hybridized carbons (Fsp3) is 0.588. The van der Waals surface area contributed by atoms with E-state index in [0.717, 1.165) is 25.4 Å². The summed E-state index contributed by atoms with van der Waals surface area (Å²) < 4.78 is 11.0. The summed E-state index contributed by atoms with van der Waals surface area (Å²) in [5.74, 6) is 0.776. The van der Waals surface area contributed by atoms with Crippen LogP contribution in [0.25, 0.3) is 0 Å². The van der Waals surface area contributed by atoms with Gasteiger partial charge in [-0.1, -0.05) is 32.0 Å². The van der Waals surface area contributed by atoms with Gasteiger partial charge in [0, 0.05) is 13.1 Å². The molecule has 0 aliphatic heterocycles. The highest BCUT2D eigenvalue weighted by atomic mass is 16.5. The van der Waals surface area contributed by atoms with Crippen LogP contribution >= 0.6 is 0 Å². The van der Waals surface area contributed by atoms with Crippen molar-refractivity contribution >= 4 is 5.91 Å². The molecule has 0 aliphatic rings. The molecule has 22 heavy (non-hydrogen) atoms. The first-order valence-corrected chi connectivity index (χ1v) is 8.00. The van der Waals surface area contributed by atoms with E-state index in [9.17, 15) is 4.79 Å². The standard InChI is InChI=1S/C17H28N2O3/c1-3-19(4-2)12-15-21-14-11-18-17(20)10-13-22-16-8-6-5-7-9-16/h5-9H,3-4,10-15H2,1-2H3,(H,18,20).